The third kappa shape index (κ3) is 3.89. The molecule has 1 N–H and O–H groups in total. The van der Waals surface area contributed by atoms with Gasteiger partial charge in [-0.25, -0.2) is 0 Å². The van der Waals surface area contributed by atoms with Gasteiger partial charge in [-0.05, 0) is 32.9 Å². The minimum absolute atomic E-state index is 0.00565. The lowest BCUT2D eigenvalue weighted by atomic mass is 10.0. The fourth-order valence-corrected chi connectivity index (χ4v) is 1.27. The average Bonchev–Trinajstić information content (AvgIpc) is 2.66. The van der Waals surface area contributed by atoms with Gasteiger partial charge in [0.15, 0.2) is 0 Å². The van der Waals surface area contributed by atoms with Gasteiger partial charge in [0.1, 0.15) is 5.76 Å². The zero-order valence-corrected chi connectivity index (χ0v) is 10.7. The Labute approximate surface area is 101 Å². The summed E-state index contributed by atoms with van der Waals surface area (Å²) in [7, 11) is 0. The van der Waals surface area contributed by atoms with Crippen LogP contribution in [0, 0.1) is 0 Å². The minimum Gasteiger partial charge on any atom is -0.469 e. The summed E-state index contributed by atoms with van der Waals surface area (Å²) < 4.78 is 5.16. The summed E-state index contributed by atoms with van der Waals surface area (Å²) in [6.45, 7) is 5.69. The summed E-state index contributed by atoms with van der Waals surface area (Å²) in [4.78, 5) is 11.6. The summed E-state index contributed by atoms with van der Waals surface area (Å²) in [6, 6.07) is 3.68. The maximum absolute atomic E-state index is 11.6. The molecule has 4 heteroatoms. The number of rotatable bonds is 5. The van der Waals surface area contributed by atoms with Gasteiger partial charge in [0.05, 0.1) is 17.2 Å². The van der Waals surface area contributed by atoms with E-state index in [4.69, 9.17) is 16.0 Å². The first-order valence-electron chi connectivity index (χ1n) is 5.39. The first kappa shape index (κ1) is 13.1. The van der Waals surface area contributed by atoms with Crippen LogP contribution in [0.15, 0.2) is 22.8 Å². The largest absolute Gasteiger partial charge is 0.469 e. The van der Waals surface area contributed by atoms with E-state index >= 15 is 0 Å². The Morgan fingerprint density at radius 2 is 2.31 bits per heavy atom. The average molecular weight is 244 g/mol. The van der Waals surface area contributed by atoms with Gasteiger partial charge in [0.25, 0.3) is 0 Å². The Balaban J connectivity index is 2.36. The highest BCUT2D eigenvalue weighted by molar-refractivity contribution is 6.21. The highest BCUT2D eigenvalue weighted by Crippen LogP contribution is 2.15. The molecule has 0 saturated carbocycles. The molecule has 0 fully saturated rings. The van der Waals surface area contributed by atoms with Gasteiger partial charge in [-0.3, -0.25) is 4.79 Å². The van der Waals surface area contributed by atoms with E-state index in [0.717, 1.165) is 5.76 Å². The number of alkyl halides is 1. The highest BCUT2D eigenvalue weighted by atomic mass is 35.5. The SMILES string of the molecule is CC(Cl)C(C)(C)NC(=O)CCc1ccco1. The molecule has 0 aliphatic rings. The van der Waals surface area contributed by atoms with Crippen LogP contribution in [0.5, 0.6) is 0 Å². The zero-order valence-electron chi connectivity index (χ0n) is 9.92. The van der Waals surface area contributed by atoms with Crippen molar-refractivity contribution in [2.75, 3.05) is 0 Å². The van der Waals surface area contributed by atoms with E-state index in [9.17, 15) is 4.79 Å². The van der Waals surface area contributed by atoms with Crippen molar-refractivity contribution in [1.29, 1.82) is 0 Å². The second-order valence-electron chi connectivity index (χ2n) is 4.47. The summed E-state index contributed by atoms with van der Waals surface area (Å²) in [5.74, 6) is 0.820. The molecule has 1 amide bonds. The number of nitrogens with one attached hydrogen (secondary N) is 1. The third-order valence-corrected chi connectivity index (χ3v) is 3.18. The molecule has 90 valence electrons. The monoisotopic (exact) mass is 243 g/mol. The number of aryl methyl sites for hydroxylation is 1. The fourth-order valence-electron chi connectivity index (χ4n) is 1.21. The third-order valence-electron chi connectivity index (χ3n) is 2.63. The number of furan rings is 1. The van der Waals surface area contributed by atoms with Gasteiger partial charge in [-0.1, -0.05) is 0 Å². The Bertz CT molecular complexity index is 331. The molecule has 1 aromatic rings. The molecule has 0 saturated heterocycles. The van der Waals surface area contributed by atoms with E-state index in [2.05, 4.69) is 5.32 Å². The van der Waals surface area contributed by atoms with Crippen molar-refractivity contribution in [2.45, 2.75) is 44.5 Å². The second-order valence-corrected chi connectivity index (χ2v) is 5.12. The lowest BCUT2D eigenvalue weighted by Gasteiger charge is -2.28. The Morgan fingerprint density at radius 1 is 1.62 bits per heavy atom. The molecule has 1 aromatic heterocycles. The van der Waals surface area contributed by atoms with Crippen LogP contribution in [-0.2, 0) is 11.2 Å². The predicted molar refractivity (Wildman–Crippen MR) is 64.6 cm³/mol. The molecule has 0 aliphatic heterocycles. The van der Waals surface area contributed by atoms with E-state index in [1.807, 2.05) is 32.9 Å². The van der Waals surface area contributed by atoms with Gasteiger partial charge in [0.2, 0.25) is 5.91 Å². The molecule has 0 spiro atoms. The second kappa shape index (κ2) is 5.39. The fraction of sp³-hybridized carbons (Fsp3) is 0.583. The molecule has 0 bridgehead atoms. The summed E-state index contributed by atoms with van der Waals surface area (Å²) in [5.41, 5.74) is -0.387. The van der Waals surface area contributed by atoms with E-state index in [-0.39, 0.29) is 16.8 Å². The minimum atomic E-state index is -0.387. The lowest BCUT2D eigenvalue weighted by molar-refractivity contribution is -0.122. The maximum Gasteiger partial charge on any atom is 0.220 e. The summed E-state index contributed by atoms with van der Waals surface area (Å²) in [5, 5.41) is 2.79. The van der Waals surface area contributed by atoms with Crippen molar-refractivity contribution in [2.24, 2.45) is 0 Å². The van der Waals surface area contributed by atoms with Crippen LogP contribution in [0.4, 0.5) is 0 Å². The van der Waals surface area contributed by atoms with Crippen LogP contribution < -0.4 is 5.32 Å². The molecule has 0 aromatic carbocycles. The molecule has 1 heterocycles. The van der Waals surface area contributed by atoms with Gasteiger partial charge in [-0.15, -0.1) is 11.6 Å². The van der Waals surface area contributed by atoms with Gasteiger partial charge in [0, 0.05) is 12.8 Å². The Morgan fingerprint density at radius 3 is 2.81 bits per heavy atom. The van der Waals surface area contributed by atoms with Crippen LogP contribution in [0.3, 0.4) is 0 Å². The standard InChI is InChI=1S/C12H18ClNO2/c1-9(13)12(2,3)14-11(15)7-6-10-5-4-8-16-10/h4-5,8-9H,6-7H2,1-3H3,(H,14,15). The van der Waals surface area contributed by atoms with Crippen LogP contribution >= 0.6 is 11.6 Å². The van der Waals surface area contributed by atoms with E-state index in [1.54, 1.807) is 6.26 Å². The van der Waals surface area contributed by atoms with E-state index in [1.165, 1.54) is 0 Å². The van der Waals surface area contributed by atoms with E-state index in [0.29, 0.717) is 12.8 Å². The van der Waals surface area contributed by atoms with Crippen molar-refractivity contribution in [1.82, 2.24) is 5.32 Å². The van der Waals surface area contributed by atoms with Crippen molar-refractivity contribution in [3.8, 4) is 0 Å². The zero-order chi connectivity index (χ0) is 12.2. The smallest absolute Gasteiger partial charge is 0.220 e. The van der Waals surface area contributed by atoms with Crippen molar-refractivity contribution >= 4 is 17.5 Å². The number of carbonyl (C=O) groups is 1. The van der Waals surface area contributed by atoms with Crippen LogP contribution in [0.25, 0.3) is 0 Å². The molecule has 0 aliphatic carbocycles. The number of amides is 1. The van der Waals surface area contributed by atoms with Gasteiger partial charge < -0.3 is 9.73 Å². The topological polar surface area (TPSA) is 42.2 Å². The van der Waals surface area contributed by atoms with Crippen molar-refractivity contribution in [3.63, 3.8) is 0 Å². The number of carbonyl (C=O) groups excluding carboxylic acids is 1. The molecular weight excluding hydrogens is 226 g/mol. The lowest BCUT2D eigenvalue weighted by Crippen LogP contribution is -2.49. The van der Waals surface area contributed by atoms with Gasteiger partial charge >= 0.3 is 0 Å². The van der Waals surface area contributed by atoms with Crippen LogP contribution in [0.1, 0.15) is 33.0 Å². The molecule has 1 rings (SSSR count). The molecule has 3 nitrogen and oxygen atoms in total. The van der Waals surface area contributed by atoms with Crippen LogP contribution in [-0.4, -0.2) is 16.8 Å². The molecule has 16 heavy (non-hydrogen) atoms. The first-order valence-corrected chi connectivity index (χ1v) is 5.83. The Kier molecular flexibility index (Phi) is 4.42. The van der Waals surface area contributed by atoms with Crippen LogP contribution in [0.2, 0.25) is 0 Å². The summed E-state index contributed by atoms with van der Waals surface area (Å²) >= 11 is 5.98. The quantitative estimate of drug-likeness (QED) is 0.808. The first-order chi connectivity index (χ1) is 7.42. The normalized spacial score (nSPS) is 13.5. The highest BCUT2D eigenvalue weighted by Gasteiger charge is 2.25. The van der Waals surface area contributed by atoms with Crippen molar-refractivity contribution in [3.05, 3.63) is 24.2 Å². The van der Waals surface area contributed by atoms with E-state index < -0.39 is 0 Å². The Hall–Kier alpha value is -0.960. The van der Waals surface area contributed by atoms with Gasteiger partial charge in [-0.2, -0.15) is 0 Å². The predicted octanol–water partition coefficient (Wildman–Crippen LogP) is 2.73. The number of halogens is 1. The summed E-state index contributed by atoms with van der Waals surface area (Å²) in [6.07, 6.45) is 2.64. The molecular formula is C12H18ClNO2. The van der Waals surface area contributed by atoms with Crippen molar-refractivity contribution < 1.29 is 9.21 Å². The number of hydrogen-bond donors (Lipinski definition) is 1. The number of hydrogen-bond acceptors (Lipinski definition) is 2. The molecule has 0 radical (unpaired) electrons. The maximum atomic E-state index is 11.6. The molecule has 1 atom stereocenters. The molecule has 1 unspecified atom stereocenters.